The molecule has 2 rings (SSSR count). The average Bonchev–Trinajstić information content (AvgIpc) is 2.33. The molecule has 0 spiro atoms. The molecule has 1 amide bonds. The number of benzene rings is 1. The van der Waals surface area contributed by atoms with E-state index in [-0.39, 0.29) is 16.6 Å². The Bertz CT molecular complexity index is 481. The Balaban J connectivity index is 2.30. The van der Waals surface area contributed by atoms with Crippen LogP contribution in [0.1, 0.15) is 17.3 Å². The summed E-state index contributed by atoms with van der Waals surface area (Å²) in [7, 11) is 0. The van der Waals surface area contributed by atoms with Gasteiger partial charge in [-0.15, -0.1) is 0 Å². The number of amides is 1. The smallest absolute Gasteiger partial charge is 0.257 e. The maximum absolute atomic E-state index is 13.6. The van der Waals surface area contributed by atoms with Crippen LogP contribution >= 0.6 is 11.6 Å². The van der Waals surface area contributed by atoms with Crippen molar-refractivity contribution in [2.24, 2.45) is 0 Å². The quantitative estimate of drug-likeness (QED) is 0.795. The van der Waals surface area contributed by atoms with Gasteiger partial charge in [-0.2, -0.15) is 0 Å². The molecule has 1 atom stereocenters. The van der Waals surface area contributed by atoms with Gasteiger partial charge in [0.25, 0.3) is 5.91 Å². The fourth-order valence-corrected chi connectivity index (χ4v) is 2.13. The lowest BCUT2D eigenvalue weighted by atomic mass is 10.1. The van der Waals surface area contributed by atoms with Gasteiger partial charge < -0.3 is 10.2 Å². The summed E-state index contributed by atoms with van der Waals surface area (Å²) >= 11 is 5.46. The van der Waals surface area contributed by atoms with Gasteiger partial charge in [-0.05, 0) is 19.1 Å². The Morgan fingerprint density at radius 1 is 1.44 bits per heavy atom. The van der Waals surface area contributed by atoms with Crippen molar-refractivity contribution in [1.29, 1.82) is 0 Å². The van der Waals surface area contributed by atoms with E-state index < -0.39 is 17.5 Å². The van der Waals surface area contributed by atoms with Gasteiger partial charge in [0, 0.05) is 25.7 Å². The van der Waals surface area contributed by atoms with Crippen LogP contribution in [0.4, 0.5) is 8.78 Å². The lowest BCUT2D eigenvalue weighted by molar-refractivity contribution is 0.0650. The van der Waals surface area contributed by atoms with Crippen LogP contribution in [0, 0.1) is 11.6 Å². The summed E-state index contributed by atoms with van der Waals surface area (Å²) < 4.78 is 27.0. The minimum Gasteiger partial charge on any atom is -0.333 e. The normalized spacial score (nSPS) is 20.0. The molecule has 0 unspecified atom stereocenters. The predicted octanol–water partition coefficient (Wildman–Crippen LogP) is 2.05. The zero-order valence-corrected chi connectivity index (χ0v) is 10.6. The van der Waals surface area contributed by atoms with Crippen molar-refractivity contribution in [3.63, 3.8) is 0 Å². The summed E-state index contributed by atoms with van der Waals surface area (Å²) in [5.74, 6) is -2.08. The molecule has 3 nitrogen and oxygen atoms in total. The van der Waals surface area contributed by atoms with E-state index in [0.717, 1.165) is 12.1 Å². The van der Waals surface area contributed by atoms with Gasteiger partial charge >= 0.3 is 0 Å². The van der Waals surface area contributed by atoms with Crippen LogP contribution in [0.2, 0.25) is 5.02 Å². The maximum atomic E-state index is 13.6. The van der Waals surface area contributed by atoms with E-state index >= 15 is 0 Å². The summed E-state index contributed by atoms with van der Waals surface area (Å²) in [6.07, 6.45) is 0. The summed E-state index contributed by atoms with van der Waals surface area (Å²) in [4.78, 5) is 13.7. The minimum absolute atomic E-state index is 0.0515. The molecule has 1 N–H and O–H groups in total. The summed E-state index contributed by atoms with van der Waals surface area (Å²) in [6.45, 7) is 3.62. The topological polar surface area (TPSA) is 32.3 Å². The third kappa shape index (κ3) is 2.47. The van der Waals surface area contributed by atoms with Crippen molar-refractivity contribution in [3.8, 4) is 0 Å². The van der Waals surface area contributed by atoms with E-state index in [1.54, 1.807) is 0 Å². The van der Waals surface area contributed by atoms with Crippen LogP contribution in [0.15, 0.2) is 12.1 Å². The number of carbonyl (C=O) groups is 1. The number of rotatable bonds is 1. The molecule has 18 heavy (non-hydrogen) atoms. The summed E-state index contributed by atoms with van der Waals surface area (Å²) in [5.41, 5.74) is -0.273. The third-order valence-corrected chi connectivity index (χ3v) is 3.29. The Hall–Kier alpha value is -1.20. The lowest BCUT2D eigenvalue weighted by Crippen LogP contribution is -2.52. The van der Waals surface area contributed by atoms with Crippen LogP contribution < -0.4 is 5.32 Å². The molecule has 0 aliphatic carbocycles. The number of hydrogen-bond acceptors (Lipinski definition) is 2. The molecule has 0 aromatic heterocycles. The number of nitrogens with zero attached hydrogens (tertiary/aromatic N) is 1. The van der Waals surface area contributed by atoms with Crippen molar-refractivity contribution < 1.29 is 13.6 Å². The van der Waals surface area contributed by atoms with Crippen LogP contribution in [0.5, 0.6) is 0 Å². The fourth-order valence-electron chi connectivity index (χ4n) is 1.98. The van der Waals surface area contributed by atoms with Crippen LogP contribution in [0.25, 0.3) is 0 Å². The monoisotopic (exact) mass is 274 g/mol. The van der Waals surface area contributed by atoms with Crippen molar-refractivity contribution in [2.45, 2.75) is 13.0 Å². The first-order valence-corrected chi connectivity index (χ1v) is 6.04. The van der Waals surface area contributed by atoms with Crippen molar-refractivity contribution in [1.82, 2.24) is 10.2 Å². The molecule has 1 aliphatic rings. The number of hydrogen-bond donors (Lipinski definition) is 1. The SMILES string of the molecule is C[C@@H]1CNCCN1C(=O)c1cc(F)c(Cl)cc1F. The molecule has 1 saturated heterocycles. The highest BCUT2D eigenvalue weighted by molar-refractivity contribution is 6.30. The van der Waals surface area contributed by atoms with Gasteiger partial charge in [-0.1, -0.05) is 11.6 Å². The number of nitrogens with one attached hydrogen (secondary N) is 1. The van der Waals surface area contributed by atoms with Gasteiger partial charge in [-0.3, -0.25) is 4.79 Å². The Morgan fingerprint density at radius 3 is 2.83 bits per heavy atom. The van der Waals surface area contributed by atoms with E-state index in [1.807, 2.05) is 6.92 Å². The molecule has 0 saturated carbocycles. The molecule has 1 fully saturated rings. The molecule has 6 heteroatoms. The second kappa shape index (κ2) is 5.20. The van der Waals surface area contributed by atoms with E-state index in [0.29, 0.717) is 19.6 Å². The number of halogens is 3. The van der Waals surface area contributed by atoms with Crippen LogP contribution in [0.3, 0.4) is 0 Å². The summed E-state index contributed by atoms with van der Waals surface area (Å²) in [6, 6.07) is 1.63. The second-order valence-corrected chi connectivity index (χ2v) is 4.71. The molecule has 1 aromatic rings. The Labute approximate surface area is 109 Å². The zero-order valence-electron chi connectivity index (χ0n) is 9.84. The summed E-state index contributed by atoms with van der Waals surface area (Å²) in [5, 5.41) is 2.80. The number of carbonyl (C=O) groups excluding carboxylic acids is 1. The first-order valence-electron chi connectivity index (χ1n) is 5.67. The largest absolute Gasteiger partial charge is 0.333 e. The van der Waals surface area contributed by atoms with Crippen molar-refractivity contribution in [2.75, 3.05) is 19.6 Å². The van der Waals surface area contributed by atoms with E-state index in [9.17, 15) is 13.6 Å². The molecule has 1 aromatic carbocycles. The maximum Gasteiger partial charge on any atom is 0.257 e. The van der Waals surface area contributed by atoms with Gasteiger partial charge in [0.1, 0.15) is 11.6 Å². The highest BCUT2D eigenvalue weighted by atomic mass is 35.5. The van der Waals surface area contributed by atoms with Gasteiger partial charge in [0.05, 0.1) is 10.6 Å². The second-order valence-electron chi connectivity index (χ2n) is 4.30. The molecular weight excluding hydrogens is 262 g/mol. The molecule has 0 radical (unpaired) electrons. The Morgan fingerprint density at radius 2 is 2.17 bits per heavy atom. The Kier molecular flexibility index (Phi) is 3.82. The third-order valence-electron chi connectivity index (χ3n) is 3.00. The first-order chi connectivity index (χ1) is 8.50. The average molecular weight is 275 g/mol. The van der Waals surface area contributed by atoms with Gasteiger partial charge in [0.15, 0.2) is 0 Å². The molecular formula is C12H13ClF2N2O. The molecule has 1 aliphatic heterocycles. The molecule has 0 bridgehead atoms. The van der Waals surface area contributed by atoms with E-state index in [2.05, 4.69) is 5.32 Å². The standard InChI is InChI=1S/C12H13ClF2N2O/c1-7-6-16-2-3-17(7)12(18)8-4-11(15)9(13)5-10(8)14/h4-5,7,16H,2-3,6H2,1H3/t7-/m1/s1. The number of piperazine rings is 1. The first kappa shape index (κ1) is 13.2. The van der Waals surface area contributed by atoms with E-state index in [1.165, 1.54) is 4.90 Å². The van der Waals surface area contributed by atoms with E-state index in [4.69, 9.17) is 11.6 Å². The van der Waals surface area contributed by atoms with Crippen molar-refractivity contribution >= 4 is 17.5 Å². The predicted molar refractivity (Wildman–Crippen MR) is 64.7 cm³/mol. The van der Waals surface area contributed by atoms with Crippen molar-refractivity contribution in [3.05, 3.63) is 34.4 Å². The van der Waals surface area contributed by atoms with Gasteiger partial charge in [0.2, 0.25) is 0 Å². The molecule has 1 heterocycles. The van der Waals surface area contributed by atoms with Crippen LogP contribution in [-0.2, 0) is 0 Å². The van der Waals surface area contributed by atoms with Crippen LogP contribution in [-0.4, -0.2) is 36.5 Å². The van der Waals surface area contributed by atoms with Gasteiger partial charge in [-0.25, -0.2) is 8.78 Å². The zero-order chi connectivity index (χ0) is 13.3. The minimum atomic E-state index is -0.794. The highest BCUT2D eigenvalue weighted by Gasteiger charge is 2.26. The lowest BCUT2D eigenvalue weighted by Gasteiger charge is -2.34. The molecule has 98 valence electrons. The highest BCUT2D eigenvalue weighted by Crippen LogP contribution is 2.21. The fraction of sp³-hybridized carbons (Fsp3) is 0.417.